The van der Waals surface area contributed by atoms with Crippen molar-refractivity contribution in [2.24, 2.45) is 0 Å². The van der Waals surface area contributed by atoms with E-state index in [0.29, 0.717) is 11.0 Å². The number of nitrogens with zero attached hydrogens (tertiary/aromatic N) is 2. The van der Waals surface area contributed by atoms with Gasteiger partial charge in [0.1, 0.15) is 5.58 Å². The summed E-state index contributed by atoms with van der Waals surface area (Å²) in [5.41, 5.74) is 9.80. The molecule has 2 aromatic heterocycles. The van der Waals surface area contributed by atoms with E-state index in [0.717, 1.165) is 56.8 Å². The van der Waals surface area contributed by atoms with E-state index >= 15 is 0 Å². The number of rotatable bonds is 2. The molecule has 3 heterocycles. The van der Waals surface area contributed by atoms with E-state index in [-0.39, 0.29) is 5.63 Å². The molecule has 4 heteroatoms. The molecule has 0 N–H and O–H groups in total. The minimum Gasteiger partial charge on any atom is -0.422 e. The van der Waals surface area contributed by atoms with Gasteiger partial charge in [0, 0.05) is 38.9 Å². The Hall–Kier alpha value is -5.61. The SMILES string of the molecule is O=c1oc2cc3c4ccccc4n(-c4cccc(N5c6ccccc6CCc6ccccc65)c4)c3cc2c2ccccc12. The molecule has 6 aromatic carbocycles. The van der Waals surface area contributed by atoms with Gasteiger partial charge in [-0.15, -0.1) is 0 Å². The molecule has 0 fully saturated rings. The predicted molar refractivity (Wildman–Crippen MR) is 176 cm³/mol. The fourth-order valence-electron chi connectivity index (χ4n) is 6.95. The summed E-state index contributed by atoms with van der Waals surface area (Å²) in [6.45, 7) is 0. The second-order valence-electron chi connectivity index (χ2n) is 11.3. The molecule has 0 saturated heterocycles. The summed E-state index contributed by atoms with van der Waals surface area (Å²) in [5.74, 6) is 0. The van der Waals surface area contributed by atoms with Crippen LogP contribution in [-0.2, 0) is 12.8 Å². The highest BCUT2D eigenvalue weighted by atomic mass is 16.4. The Morgan fingerprint density at radius 3 is 1.88 bits per heavy atom. The molecule has 1 aliphatic heterocycles. The van der Waals surface area contributed by atoms with E-state index in [9.17, 15) is 4.79 Å². The van der Waals surface area contributed by atoms with Crippen LogP contribution in [0, 0.1) is 0 Å². The van der Waals surface area contributed by atoms with Crippen LogP contribution in [0.3, 0.4) is 0 Å². The minimum absolute atomic E-state index is 0.308. The number of fused-ring (bicyclic) bond motifs is 8. The van der Waals surface area contributed by atoms with E-state index < -0.39 is 0 Å². The number of anilines is 3. The molecule has 204 valence electrons. The van der Waals surface area contributed by atoms with Gasteiger partial charge in [-0.25, -0.2) is 4.79 Å². The van der Waals surface area contributed by atoms with E-state index in [1.165, 1.54) is 22.5 Å². The van der Waals surface area contributed by atoms with E-state index in [2.05, 4.69) is 113 Å². The van der Waals surface area contributed by atoms with Gasteiger partial charge in [0.25, 0.3) is 0 Å². The van der Waals surface area contributed by atoms with Crippen molar-refractivity contribution in [1.82, 2.24) is 4.57 Å². The first-order chi connectivity index (χ1) is 21.2. The van der Waals surface area contributed by atoms with Crippen molar-refractivity contribution >= 4 is 60.6 Å². The third-order valence-corrected chi connectivity index (χ3v) is 8.89. The molecule has 0 aliphatic carbocycles. The van der Waals surface area contributed by atoms with Crippen LogP contribution in [-0.4, -0.2) is 4.57 Å². The zero-order valence-corrected chi connectivity index (χ0v) is 23.3. The van der Waals surface area contributed by atoms with Gasteiger partial charge in [0.05, 0.1) is 16.4 Å². The number of benzene rings is 6. The Morgan fingerprint density at radius 2 is 1.12 bits per heavy atom. The summed E-state index contributed by atoms with van der Waals surface area (Å²) in [7, 11) is 0. The molecule has 0 unspecified atom stereocenters. The summed E-state index contributed by atoms with van der Waals surface area (Å²) >= 11 is 0. The standard InChI is InChI=1S/C39H26N2O2/c42-39-31-16-4-3-14-29(31)33-23-37-32(24-38(33)43-39)30-15-5-8-19-36(30)41(37)28-13-9-12-27(22-28)40-34-17-6-1-10-25(34)20-21-26-11-2-7-18-35(26)40/h1-19,22-24H,20-21H2. The molecular weight excluding hydrogens is 528 g/mol. The second kappa shape index (κ2) is 9.20. The van der Waals surface area contributed by atoms with Gasteiger partial charge in [0.2, 0.25) is 0 Å². The van der Waals surface area contributed by atoms with Gasteiger partial charge >= 0.3 is 5.63 Å². The molecule has 0 radical (unpaired) electrons. The smallest absolute Gasteiger partial charge is 0.344 e. The van der Waals surface area contributed by atoms with Crippen molar-refractivity contribution in [2.75, 3.05) is 4.90 Å². The Kier molecular flexibility index (Phi) is 5.14. The third-order valence-electron chi connectivity index (χ3n) is 8.89. The second-order valence-corrected chi connectivity index (χ2v) is 11.3. The van der Waals surface area contributed by atoms with Crippen molar-refractivity contribution < 1.29 is 4.42 Å². The van der Waals surface area contributed by atoms with Gasteiger partial charge in [-0.3, -0.25) is 0 Å². The normalized spacial score (nSPS) is 13.0. The molecule has 0 spiro atoms. The quantitative estimate of drug-likeness (QED) is 0.158. The van der Waals surface area contributed by atoms with Crippen LogP contribution in [0.1, 0.15) is 11.1 Å². The molecule has 0 atom stereocenters. The molecular formula is C39H26N2O2. The lowest BCUT2D eigenvalue weighted by atomic mass is 10.0. The first-order valence-corrected chi connectivity index (χ1v) is 14.7. The fraction of sp³-hybridized carbons (Fsp3) is 0.0513. The topological polar surface area (TPSA) is 38.4 Å². The highest BCUT2D eigenvalue weighted by molar-refractivity contribution is 6.16. The van der Waals surface area contributed by atoms with Gasteiger partial charge in [-0.05, 0) is 84.0 Å². The van der Waals surface area contributed by atoms with E-state index in [1.807, 2.05) is 30.3 Å². The van der Waals surface area contributed by atoms with Crippen LogP contribution in [0.4, 0.5) is 17.1 Å². The first-order valence-electron chi connectivity index (χ1n) is 14.7. The number of aryl methyl sites for hydroxylation is 2. The zero-order chi connectivity index (χ0) is 28.5. The lowest BCUT2D eigenvalue weighted by Gasteiger charge is -2.27. The molecule has 43 heavy (non-hydrogen) atoms. The monoisotopic (exact) mass is 554 g/mol. The summed E-state index contributed by atoms with van der Waals surface area (Å²) in [5, 5.41) is 4.60. The summed E-state index contributed by atoms with van der Waals surface area (Å²) < 4.78 is 8.19. The minimum atomic E-state index is -0.308. The number of para-hydroxylation sites is 3. The maximum Gasteiger partial charge on any atom is 0.344 e. The summed E-state index contributed by atoms with van der Waals surface area (Å²) in [6, 6.07) is 46.7. The number of hydrogen-bond donors (Lipinski definition) is 0. The lowest BCUT2D eigenvalue weighted by Crippen LogP contribution is -2.12. The van der Waals surface area contributed by atoms with Crippen LogP contribution in [0.25, 0.3) is 49.2 Å². The summed E-state index contributed by atoms with van der Waals surface area (Å²) in [4.78, 5) is 15.2. The predicted octanol–water partition coefficient (Wildman–Crippen LogP) is 9.61. The van der Waals surface area contributed by atoms with Gasteiger partial charge in [-0.2, -0.15) is 0 Å². The molecule has 0 saturated carbocycles. The van der Waals surface area contributed by atoms with Gasteiger partial charge in [0.15, 0.2) is 0 Å². The van der Waals surface area contributed by atoms with Gasteiger partial charge in [-0.1, -0.05) is 78.9 Å². The van der Waals surface area contributed by atoms with E-state index in [1.54, 1.807) is 0 Å². The maximum absolute atomic E-state index is 12.8. The molecule has 8 aromatic rings. The van der Waals surface area contributed by atoms with Crippen molar-refractivity contribution in [1.29, 1.82) is 0 Å². The van der Waals surface area contributed by atoms with Crippen LogP contribution in [0.2, 0.25) is 0 Å². The van der Waals surface area contributed by atoms with Crippen molar-refractivity contribution in [3.05, 3.63) is 155 Å². The van der Waals surface area contributed by atoms with Crippen molar-refractivity contribution in [2.45, 2.75) is 12.8 Å². The first kappa shape index (κ1) is 24.0. The molecule has 1 aliphatic rings. The van der Waals surface area contributed by atoms with Gasteiger partial charge < -0.3 is 13.9 Å². The average molecular weight is 555 g/mol. The summed E-state index contributed by atoms with van der Waals surface area (Å²) in [6.07, 6.45) is 2.01. The van der Waals surface area contributed by atoms with Crippen molar-refractivity contribution in [3.63, 3.8) is 0 Å². The largest absolute Gasteiger partial charge is 0.422 e. The third kappa shape index (κ3) is 3.60. The molecule has 0 bridgehead atoms. The Morgan fingerprint density at radius 1 is 0.488 bits per heavy atom. The average Bonchev–Trinajstić information content (AvgIpc) is 3.27. The van der Waals surface area contributed by atoms with E-state index in [4.69, 9.17) is 4.42 Å². The number of hydrogen-bond acceptors (Lipinski definition) is 3. The highest BCUT2D eigenvalue weighted by Crippen LogP contribution is 2.43. The van der Waals surface area contributed by atoms with Crippen LogP contribution in [0.5, 0.6) is 0 Å². The molecule has 9 rings (SSSR count). The van der Waals surface area contributed by atoms with Crippen LogP contribution >= 0.6 is 0 Å². The van der Waals surface area contributed by atoms with Crippen LogP contribution in [0.15, 0.2) is 143 Å². The van der Waals surface area contributed by atoms with Crippen LogP contribution < -0.4 is 10.5 Å². The zero-order valence-electron chi connectivity index (χ0n) is 23.3. The maximum atomic E-state index is 12.8. The Balaban J connectivity index is 1.33. The highest BCUT2D eigenvalue weighted by Gasteiger charge is 2.23. The molecule has 0 amide bonds. The lowest BCUT2D eigenvalue weighted by molar-refractivity contribution is 0.570. The number of aromatic nitrogens is 1. The Bertz CT molecular complexity index is 2400. The van der Waals surface area contributed by atoms with Crippen molar-refractivity contribution in [3.8, 4) is 5.69 Å². The fourth-order valence-corrected chi connectivity index (χ4v) is 6.95. The molecule has 4 nitrogen and oxygen atoms in total. The Labute approximate surface area is 247 Å².